The van der Waals surface area contributed by atoms with Gasteiger partial charge in [0.05, 0.1) is 0 Å². The molecule has 0 aromatic rings. The van der Waals surface area contributed by atoms with Crippen LogP contribution in [-0.2, 0) is 14.3 Å². The van der Waals surface area contributed by atoms with Crippen LogP contribution >= 0.6 is 0 Å². The molecule has 4 atom stereocenters. The Labute approximate surface area is 107 Å². The predicted octanol–water partition coefficient (Wildman–Crippen LogP) is 2.42. The molecule has 3 nitrogen and oxygen atoms in total. The number of allylic oxidation sites excluding steroid dienone is 2. The molecule has 1 heterocycles. The zero-order valence-electron chi connectivity index (χ0n) is 10.9. The van der Waals surface area contributed by atoms with Gasteiger partial charge in [-0.15, -0.1) is 0 Å². The Morgan fingerprint density at radius 2 is 2.17 bits per heavy atom. The van der Waals surface area contributed by atoms with E-state index in [0.29, 0.717) is 17.9 Å². The lowest BCUT2D eigenvalue weighted by molar-refractivity contribution is -0.142. The minimum atomic E-state index is -0.250. The van der Waals surface area contributed by atoms with Crippen LogP contribution in [0, 0.1) is 17.3 Å². The van der Waals surface area contributed by atoms with Crippen LogP contribution in [0.3, 0.4) is 0 Å². The predicted molar refractivity (Wildman–Crippen MR) is 66.7 cm³/mol. The van der Waals surface area contributed by atoms with Crippen molar-refractivity contribution < 1.29 is 14.3 Å². The monoisotopic (exact) mass is 246 g/mol. The van der Waals surface area contributed by atoms with E-state index in [4.69, 9.17) is 4.74 Å². The molecular formula is C15H18O3. The molecule has 0 bridgehead atoms. The van der Waals surface area contributed by atoms with Gasteiger partial charge in [-0.2, -0.15) is 0 Å². The molecule has 2 fully saturated rings. The van der Waals surface area contributed by atoms with Crippen molar-refractivity contribution >= 4 is 11.8 Å². The third-order valence-corrected chi connectivity index (χ3v) is 4.93. The number of carbonyl (C=O) groups excluding carboxylic acids is 2. The fraction of sp³-hybridized carbons (Fsp3) is 0.600. The summed E-state index contributed by atoms with van der Waals surface area (Å²) in [5.74, 6) is 0.475. The van der Waals surface area contributed by atoms with E-state index in [1.54, 1.807) is 6.08 Å². The number of carbonyl (C=O) groups is 2. The summed E-state index contributed by atoms with van der Waals surface area (Å²) in [6, 6.07) is 0. The highest BCUT2D eigenvalue weighted by molar-refractivity contribution is 5.93. The van der Waals surface area contributed by atoms with E-state index in [1.807, 2.05) is 6.92 Å². The topological polar surface area (TPSA) is 43.4 Å². The van der Waals surface area contributed by atoms with Crippen LogP contribution < -0.4 is 0 Å². The van der Waals surface area contributed by atoms with Gasteiger partial charge >= 0.3 is 5.97 Å². The highest BCUT2D eigenvalue weighted by Gasteiger charge is 2.53. The molecule has 3 aliphatic rings. The number of hydrogen-bond donors (Lipinski definition) is 0. The molecule has 0 unspecified atom stereocenters. The summed E-state index contributed by atoms with van der Waals surface area (Å²) in [4.78, 5) is 23.3. The standard InChI is InChI=1S/C15H18O3/c1-8-4-10(16)6-15(3)7-13-11(5-12(8)15)9(2)14(17)18-13/h4,11-13H,2,5-7H2,1,3H3/t11-,12+,13+,15-/m0/s1. The molecule has 0 radical (unpaired) electrons. The first-order valence-corrected chi connectivity index (χ1v) is 6.51. The van der Waals surface area contributed by atoms with E-state index < -0.39 is 0 Å². The third kappa shape index (κ3) is 1.49. The van der Waals surface area contributed by atoms with E-state index >= 15 is 0 Å². The van der Waals surface area contributed by atoms with Gasteiger partial charge in [-0.1, -0.05) is 19.1 Å². The molecule has 1 aliphatic heterocycles. The fourth-order valence-corrected chi connectivity index (χ4v) is 4.02. The second-order valence-electron chi connectivity index (χ2n) is 6.25. The van der Waals surface area contributed by atoms with Crippen LogP contribution in [-0.4, -0.2) is 17.9 Å². The van der Waals surface area contributed by atoms with Crippen molar-refractivity contribution in [1.82, 2.24) is 0 Å². The third-order valence-electron chi connectivity index (χ3n) is 4.93. The Morgan fingerprint density at radius 1 is 1.44 bits per heavy atom. The molecule has 3 heteroatoms. The van der Waals surface area contributed by atoms with Gasteiger partial charge in [0.1, 0.15) is 6.10 Å². The SMILES string of the molecule is C=C1C(=O)O[C@@H]2C[C@]3(C)CC(=O)C=C(C)[C@H]3C[C@@H]12. The van der Waals surface area contributed by atoms with E-state index in [0.717, 1.165) is 18.4 Å². The summed E-state index contributed by atoms with van der Waals surface area (Å²) < 4.78 is 5.39. The van der Waals surface area contributed by atoms with Gasteiger partial charge in [0.2, 0.25) is 0 Å². The van der Waals surface area contributed by atoms with E-state index in [-0.39, 0.29) is 29.2 Å². The number of esters is 1. The molecule has 0 amide bonds. The van der Waals surface area contributed by atoms with E-state index in [2.05, 4.69) is 13.5 Å². The van der Waals surface area contributed by atoms with Crippen molar-refractivity contribution in [1.29, 1.82) is 0 Å². The first-order valence-electron chi connectivity index (χ1n) is 6.51. The average Bonchev–Trinajstić information content (AvgIpc) is 2.50. The maximum absolute atomic E-state index is 11.8. The summed E-state index contributed by atoms with van der Waals surface area (Å²) in [7, 11) is 0. The Balaban J connectivity index is 1.96. The number of ketones is 1. The fourth-order valence-electron chi connectivity index (χ4n) is 4.02. The van der Waals surface area contributed by atoms with Crippen molar-refractivity contribution in [2.24, 2.45) is 17.3 Å². The normalized spacial score (nSPS) is 43.1. The Hall–Kier alpha value is -1.38. The van der Waals surface area contributed by atoms with Crippen LogP contribution in [0.1, 0.15) is 33.1 Å². The van der Waals surface area contributed by atoms with Crippen LogP contribution in [0.5, 0.6) is 0 Å². The summed E-state index contributed by atoms with van der Waals surface area (Å²) in [5.41, 5.74) is 1.72. The number of hydrogen-bond acceptors (Lipinski definition) is 3. The van der Waals surface area contributed by atoms with Gasteiger partial charge < -0.3 is 4.74 Å². The van der Waals surface area contributed by atoms with Crippen molar-refractivity contribution in [3.63, 3.8) is 0 Å². The Bertz CT molecular complexity index is 488. The molecule has 18 heavy (non-hydrogen) atoms. The molecule has 96 valence electrons. The van der Waals surface area contributed by atoms with Crippen molar-refractivity contribution in [3.05, 3.63) is 23.8 Å². The molecule has 0 N–H and O–H groups in total. The average molecular weight is 246 g/mol. The van der Waals surface area contributed by atoms with Crippen LogP contribution in [0.4, 0.5) is 0 Å². The van der Waals surface area contributed by atoms with Crippen molar-refractivity contribution in [2.45, 2.75) is 39.2 Å². The highest BCUT2D eigenvalue weighted by atomic mass is 16.6. The second kappa shape index (κ2) is 3.56. The quantitative estimate of drug-likeness (QED) is 0.487. The van der Waals surface area contributed by atoms with Gasteiger partial charge in [-0.3, -0.25) is 4.79 Å². The maximum Gasteiger partial charge on any atom is 0.334 e. The smallest absolute Gasteiger partial charge is 0.334 e. The lowest BCUT2D eigenvalue weighted by Gasteiger charge is -2.47. The second-order valence-corrected chi connectivity index (χ2v) is 6.25. The zero-order valence-corrected chi connectivity index (χ0v) is 10.9. The molecule has 1 saturated carbocycles. The molecule has 0 aromatic heterocycles. The first kappa shape index (κ1) is 11.7. The molecule has 0 spiro atoms. The number of fused-ring (bicyclic) bond motifs is 2. The minimum Gasteiger partial charge on any atom is -0.458 e. The van der Waals surface area contributed by atoms with Crippen LogP contribution in [0.2, 0.25) is 0 Å². The van der Waals surface area contributed by atoms with Gasteiger partial charge in [-0.05, 0) is 37.2 Å². The van der Waals surface area contributed by atoms with Gasteiger partial charge in [-0.25, -0.2) is 4.79 Å². The highest BCUT2D eigenvalue weighted by Crippen LogP contribution is 2.54. The van der Waals surface area contributed by atoms with Gasteiger partial charge in [0.25, 0.3) is 0 Å². The minimum absolute atomic E-state index is 0.0536. The molecule has 0 aromatic carbocycles. The summed E-state index contributed by atoms with van der Waals surface area (Å²) >= 11 is 0. The van der Waals surface area contributed by atoms with Crippen molar-refractivity contribution in [2.75, 3.05) is 0 Å². The van der Waals surface area contributed by atoms with E-state index in [9.17, 15) is 9.59 Å². The molecule has 2 aliphatic carbocycles. The Kier molecular flexibility index (Phi) is 2.31. The summed E-state index contributed by atoms with van der Waals surface area (Å²) in [6.07, 6.45) is 3.95. The van der Waals surface area contributed by atoms with Crippen LogP contribution in [0.25, 0.3) is 0 Å². The van der Waals surface area contributed by atoms with E-state index in [1.165, 1.54) is 0 Å². The maximum atomic E-state index is 11.8. The number of rotatable bonds is 0. The zero-order chi connectivity index (χ0) is 13.1. The lowest BCUT2D eigenvalue weighted by atomic mass is 9.57. The molecular weight excluding hydrogens is 228 g/mol. The largest absolute Gasteiger partial charge is 0.458 e. The molecule has 1 saturated heterocycles. The summed E-state index contributed by atoms with van der Waals surface area (Å²) in [6.45, 7) is 8.04. The van der Waals surface area contributed by atoms with Crippen LogP contribution in [0.15, 0.2) is 23.8 Å². The summed E-state index contributed by atoms with van der Waals surface area (Å²) in [5, 5.41) is 0. The lowest BCUT2D eigenvalue weighted by Crippen LogP contribution is -2.44. The number of ether oxygens (including phenoxy) is 1. The Morgan fingerprint density at radius 3 is 2.89 bits per heavy atom. The van der Waals surface area contributed by atoms with Gasteiger partial charge in [0, 0.05) is 17.9 Å². The van der Waals surface area contributed by atoms with Gasteiger partial charge in [0.15, 0.2) is 5.78 Å². The van der Waals surface area contributed by atoms with Crippen molar-refractivity contribution in [3.8, 4) is 0 Å². The molecule has 3 rings (SSSR count). The first-order chi connectivity index (χ1) is 8.40.